The van der Waals surface area contributed by atoms with Crippen LogP contribution in [0.2, 0.25) is 0 Å². The van der Waals surface area contributed by atoms with Crippen molar-refractivity contribution in [2.45, 2.75) is 39.0 Å². The number of carbonyl (C=O) groups excluding carboxylic acids is 1. The van der Waals surface area contributed by atoms with E-state index in [1.807, 2.05) is 30.4 Å². The third-order valence-electron chi connectivity index (χ3n) is 7.35. The van der Waals surface area contributed by atoms with E-state index in [-0.39, 0.29) is 11.7 Å². The Morgan fingerprint density at radius 2 is 1.77 bits per heavy atom. The van der Waals surface area contributed by atoms with E-state index in [9.17, 15) is 9.18 Å². The van der Waals surface area contributed by atoms with Gasteiger partial charge in [0.15, 0.2) is 12.1 Å². The van der Waals surface area contributed by atoms with Crippen LogP contribution in [0.5, 0.6) is 5.75 Å². The molecule has 0 radical (unpaired) electrons. The molecule has 0 spiro atoms. The number of benzene rings is 3. The minimum Gasteiger partial charge on any atom is -0.493 e. The first-order valence-electron chi connectivity index (χ1n) is 15.0. The van der Waals surface area contributed by atoms with Crippen LogP contribution < -0.4 is 10.1 Å². The lowest BCUT2D eigenvalue weighted by Crippen LogP contribution is -2.48. The molecule has 1 amide bonds. The largest absolute Gasteiger partial charge is 0.493 e. The number of carbonyl (C=O) groups is 1. The summed E-state index contributed by atoms with van der Waals surface area (Å²) < 4.78 is 26.6. The molecule has 1 aromatic heterocycles. The second-order valence-corrected chi connectivity index (χ2v) is 11.5. The fraction of sp³-hybridized carbons (Fsp3) is 0.333. The molecule has 0 aliphatic carbocycles. The van der Waals surface area contributed by atoms with Crippen LogP contribution in [0.25, 0.3) is 33.7 Å². The predicted octanol–water partition coefficient (Wildman–Crippen LogP) is 7.52. The van der Waals surface area contributed by atoms with Crippen molar-refractivity contribution in [1.82, 2.24) is 10.3 Å². The lowest BCUT2D eigenvalue weighted by molar-refractivity contribution is -0.882. The zero-order valence-electron chi connectivity index (χ0n) is 25.6. The van der Waals surface area contributed by atoms with Gasteiger partial charge in [0.05, 0.1) is 27.2 Å². The minimum atomic E-state index is -0.307. The first-order valence-corrected chi connectivity index (χ1v) is 15.0. The lowest BCUT2D eigenvalue weighted by atomic mass is 9.97. The predicted molar refractivity (Wildman–Crippen MR) is 173 cm³/mol. The summed E-state index contributed by atoms with van der Waals surface area (Å²) in [6.07, 6.45) is 7.96. The van der Waals surface area contributed by atoms with Crippen molar-refractivity contribution < 1.29 is 22.8 Å². The van der Waals surface area contributed by atoms with E-state index in [0.29, 0.717) is 47.5 Å². The molecular formula is C36H43FN3O3+. The SMILES string of the molecule is C=CCc1cc(-c2ccc(OCCC[N+](C)(C)CC(=O)NCCCC)c(CC=C)c2)c2oc(-c3ccc(F)cc3)nc2c1. The molecule has 0 unspecified atom stereocenters. The van der Waals surface area contributed by atoms with E-state index >= 15 is 0 Å². The number of oxazole rings is 1. The van der Waals surface area contributed by atoms with E-state index in [1.54, 1.807) is 12.1 Å². The van der Waals surface area contributed by atoms with Gasteiger partial charge in [0.1, 0.15) is 17.1 Å². The number of rotatable bonds is 16. The Kier molecular flexibility index (Phi) is 10.9. The van der Waals surface area contributed by atoms with Crippen LogP contribution in [-0.4, -0.2) is 55.7 Å². The Morgan fingerprint density at radius 3 is 2.49 bits per heavy atom. The Balaban J connectivity index is 1.52. The summed E-state index contributed by atoms with van der Waals surface area (Å²) in [5.41, 5.74) is 6.11. The van der Waals surface area contributed by atoms with Crippen LogP contribution in [0.4, 0.5) is 4.39 Å². The molecule has 0 fully saturated rings. The number of allylic oxidation sites excluding steroid dienone is 2. The van der Waals surface area contributed by atoms with Gasteiger partial charge in [-0.15, -0.1) is 13.2 Å². The van der Waals surface area contributed by atoms with Crippen LogP contribution in [0.15, 0.2) is 84.3 Å². The van der Waals surface area contributed by atoms with Crippen molar-refractivity contribution in [2.75, 3.05) is 40.3 Å². The van der Waals surface area contributed by atoms with Crippen LogP contribution in [0, 0.1) is 5.82 Å². The third-order valence-corrected chi connectivity index (χ3v) is 7.35. The Hall–Kier alpha value is -4.23. The number of aromatic nitrogens is 1. The average Bonchev–Trinajstić information content (AvgIpc) is 3.40. The molecule has 0 saturated carbocycles. The first-order chi connectivity index (χ1) is 20.7. The summed E-state index contributed by atoms with van der Waals surface area (Å²) in [4.78, 5) is 17.0. The highest BCUT2D eigenvalue weighted by Gasteiger charge is 2.20. The molecule has 4 rings (SSSR count). The van der Waals surface area contributed by atoms with E-state index in [1.165, 1.54) is 12.1 Å². The fourth-order valence-corrected chi connectivity index (χ4v) is 5.11. The zero-order chi connectivity index (χ0) is 30.8. The van der Waals surface area contributed by atoms with Crippen molar-refractivity contribution in [2.24, 2.45) is 0 Å². The van der Waals surface area contributed by atoms with Gasteiger partial charge < -0.3 is 19.0 Å². The molecule has 43 heavy (non-hydrogen) atoms. The highest BCUT2D eigenvalue weighted by molar-refractivity contribution is 5.92. The molecule has 7 heteroatoms. The standard InChI is InChI=1S/C36H42FN3O3/c1-6-9-19-38-34(41)25-40(4,5)20-10-21-42-33-18-15-28(24-29(33)12-8-3)31-22-26(11-7-2)23-32-35(31)43-36(39-32)27-13-16-30(37)17-14-27/h7-8,13-18,22-24H,2-3,6,9-12,19-21,25H2,1,4-5H3/p+1. The van der Waals surface area contributed by atoms with Crippen LogP contribution in [0.3, 0.4) is 0 Å². The van der Waals surface area contributed by atoms with E-state index < -0.39 is 0 Å². The molecule has 226 valence electrons. The number of halogens is 1. The van der Waals surface area contributed by atoms with Crippen molar-refractivity contribution >= 4 is 17.0 Å². The van der Waals surface area contributed by atoms with Crippen molar-refractivity contribution in [3.05, 3.63) is 96.9 Å². The Morgan fingerprint density at radius 1 is 1.02 bits per heavy atom. The van der Waals surface area contributed by atoms with Gasteiger partial charge in [-0.2, -0.15) is 0 Å². The second kappa shape index (κ2) is 14.8. The maximum absolute atomic E-state index is 13.5. The van der Waals surface area contributed by atoms with Gasteiger partial charge in [-0.25, -0.2) is 9.37 Å². The summed E-state index contributed by atoms with van der Waals surface area (Å²) in [5.74, 6) is 1.04. The summed E-state index contributed by atoms with van der Waals surface area (Å²) in [6, 6.07) is 16.4. The molecule has 3 aromatic carbocycles. The molecule has 4 aromatic rings. The van der Waals surface area contributed by atoms with Crippen molar-refractivity contribution in [1.29, 1.82) is 0 Å². The Bertz CT molecular complexity index is 1560. The number of nitrogens with zero attached hydrogens (tertiary/aromatic N) is 2. The fourth-order valence-electron chi connectivity index (χ4n) is 5.11. The number of hydrogen-bond donors (Lipinski definition) is 1. The smallest absolute Gasteiger partial charge is 0.275 e. The third kappa shape index (κ3) is 8.64. The monoisotopic (exact) mass is 584 g/mol. The van der Waals surface area contributed by atoms with E-state index in [2.05, 4.69) is 51.6 Å². The van der Waals surface area contributed by atoms with Gasteiger partial charge in [0.25, 0.3) is 5.91 Å². The van der Waals surface area contributed by atoms with Crippen LogP contribution in [-0.2, 0) is 17.6 Å². The normalized spacial score (nSPS) is 11.4. The molecule has 6 nitrogen and oxygen atoms in total. The molecule has 1 N–H and O–H groups in total. The summed E-state index contributed by atoms with van der Waals surface area (Å²) in [6.45, 7) is 12.5. The van der Waals surface area contributed by atoms with E-state index in [4.69, 9.17) is 14.1 Å². The van der Waals surface area contributed by atoms with Crippen molar-refractivity contribution in [3.63, 3.8) is 0 Å². The highest BCUT2D eigenvalue weighted by atomic mass is 19.1. The van der Waals surface area contributed by atoms with Gasteiger partial charge in [-0.1, -0.05) is 31.6 Å². The molecule has 0 aliphatic rings. The van der Waals surface area contributed by atoms with Crippen molar-refractivity contribution in [3.8, 4) is 28.3 Å². The quantitative estimate of drug-likeness (QED) is 0.0841. The molecule has 0 aliphatic heterocycles. The number of hydrogen-bond acceptors (Lipinski definition) is 4. The summed E-state index contributed by atoms with van der Waals surface area (Å²) >= 11 is 0. The number of fused-ring (bicyclic) bond motifs is 1. The number of unbranched alkanes of at least 4 members (excludes halogenated alkanes) is 1. The molecule has 0 saturated heterocycles. The van der Waals surface area contributed by atoms with Gasteiger partial charge >= 0.3 is 0 Å². The molecule has 1 heterocycles. The maximum Gasteiger partial charge on any atom is 0.275 e. The lowest BCUT2D eigenvalue weighted by Gasteiger charge is -2.29. The van der Waals surface area contributed by atoms with Crippen LogP contribution >= 0.6 is 0 Å². The topological polar surface area (TPSA) is 64.4 Å². The van der Waals surface area contributed by atoms with Gasteiger partial charge in [-0.3, -0.25) is 4.79 Å². The molecule has 0 bridgehead atoms. The second-order valence-electron chi connectivity index (χ2n) is 11.5. The molecule has 0 atom stereocenters. The van der Waals surface area contributed by atoms with Gasteiger partial charge in [0, 0.05) is 24.1 Å². The zero-order valence-corrected chi connectivity index (χ0v) is 25.6. The molecular weight excluding hydrogens is 541 g/mol. The minimum absolute atomic E-state index is 0.0889. The van der Waals surface area contributed by atoms with E-state index in [0.717, 1.165) is 65.9 Å². The van der Waals surface area contributed by atoms with Gasteiger partial charge in [-0.05, 0) is 84.5 Å². The number of nitrogens with one attached hydrogen (secondary N) is 1. The van der Waals surface area contributed by atoms with Gasteiger partial charge in [0.2, 0.25) is 5.89 Å². The summed E-state index contributed by atoms with van der Waals surface area (Å²) in [7, 11) is 4.15. The number of ether oxygens (including phenoxy) is 1. The number of quaternary nitrogens is 1. The number of amides is 1. The maximum atomic E-state index is 13.5. The first kappa shape index (κ1) is 31.7. The van der Waals surface area contributed by atoms with Crippen LogP contribution in [0.1, 0.15) is 37.3 Å². The summed E-state index contributed by atoms with van der Waals surface area (Å²) in [5, 5.41) is 3.00. The average molecular weight is 585 g/mol. The highest BCUT2D eigenvalue weighted by Crippen LogP contribution is 2.36. The number of likely N-dealkylation sites (N-methyl/N-ethyl adjacent to an activating group) is 1. The Labute approximate surface area is 254 Å².